The first kappa shape index (κ1) is 24.9. The number of benzene rings is 3. The van der Waals surface area contributed by atoms with Crippen LogP contribution in [0.5, 0.6) is 5.75 Å². The molecule has 7 nitrogen and oxygen atoms in total. The number of hydrogen-bond donors (Lipinski definition) is 2. The molecule has 0 saturated carbocycles. The molecule has 0 aliphatic heterocycles. The van der Waals surface area contributed by atoms with Crippen molar-refractivity contribution in [3.63, 3.8) is 0 Å². The molecule has 1 atom stereocenters. The summed E-state index contributed by atoms with van der Waals surface area (Å²) in [5.41, 5.74) is 2.19. The van der Waals surface area contributed by atoms with E-state index in [1.54, 1.807) is 24.5 Å². The summed E-state index contributed by atoms with van der Waals surface area (Å²) >= 11 is -2.14. The quantitative estimate of drug-likeness (QED) is 0.204. The van der Waals surface area contributed by atoms with Crippen molar-refractivity contribution in [2.24, 2.45) is 0 Å². The highest BCUT2D eigenvalue weighted by atomic mass is 32.2. The van der Waals surface area contributed by atoms with Crippen molar-refractivity contribution in [1.82, 2.24) is 19.5 Å². The van der Waals surface area contributed by atoms with E-state index in [1.165, 1.54) is 19.2 Å². The summed E-state index contributed by atoms with van der Waals surface area (Å²) in [5, 5.41) is 6.83. The lowest BCUT2D eigenvalue weighted by molar-refractivity contribution is 0.416. The molecule has 0 amide bonds. The second-order valence-electron chi connectivity index (χ2n) is 8.57. The molecule has 5 aromatic rings. The maximum Gasteiger partial charge on any atom is 0.231 e. The van der Waals surface area contributed by atoms with E-state index in [0.717, 1.165) is 16.3 Å². The highest BCUT2D eigenvalue weighted by Crippen LogP contribution is 2.39. The van der Waals surface area contributed by atoms with E-state index >= 15 is 4.39 Å². The molecular formula is C27H24F2N4O3S. The van der Waals surface area contributed by atoms with Crippen molar-refractivity contribution >= 4 is 33.1 Å². The molecule has 0 saturated heterocycles. The van der Waals surface area contributed by atoms with Gasteiger partial charge in [0.15, 0.2) is 5.65 Å². The largest absolute Gasteiger partial charge is 0.496 e. The standard InChI is InChI=1S/C27H24F2N4O3S/c1-36-24-13-20-19(14-30-27-22(20)15-31-33(27)16-17-6-3-2-4-7-17)12-21(24)25-23(28)10-9-18(26(25)29)8-5-11-32-37(34)35/h2-4,6-7,9-10,12-15,32H,5,8,11,16H2,1H3,(H,34,35). The normalized spacial score (nSPS) is 12.3. The lowest BCUT2D eigenvalue weighted by atomic mass is 9.96. The summed E-state index contributed by atoms with van der Waals surface area (Å²) in [5.74, 6) is -1.08. The van der Waals surface area contributed by atoms with E-state index in [0.29, 0.717) is 35.3 Å². The van der Waals surface area contributed by atoms with Gasteiger partial charge in [0.25, 0.3) is 0 Å². The third-order valence-corrected chi connectivity index (χ3v) is 6.71. The number of rotatable bonds is 9. The molecule has 1 unspecified atom stereocenters. The van der Waals surface area contributed by atoms with Crippen LogP contribution in [-0.2, 0) is 24.2 Å². The zero-order chi connectivity index (χ0) is 25.9. The Hall–Kier alpha value is -3.73. The molecule has 190 valence electrons. The van der Waals surface area contributed by atoms with Crippen LogP contribution in [0.4, 0.5) is 8.78 Å². The van der Waals surface area contributed by atoms with Gasteiger partial charge < -0.3 is 4.74 Å². The van der Waals surface area contributed by atoms with Crippen LogP contribution in [0.3, 0.4) is 0 Å². The van der Waals surface area contributed by atoms with Crippen LogP contribution in [0.25, 0.3) is 32.9 Å². The highest BCUT2D eigenvalue weighted by molar-refractivity contribution is 7.77. The Morgan fingerprint density at radius 2 is 1.89 bits per heavy atom. The minimum absolute atomic E-state index is 0.185. The zero-order valence-corrected chi connectivity index (χ0v) is 20.8. The Morgan fingerprint density at radius 3 is 2.65 bits per heavy atom. The van der Waals surface area contributed by atoms with Gasteiger partial charge in [0.1, 0.15) is 17.4 Å². The van der Waals surface area contributed by atoms with Crippen LogP contribution in [0.2, 0.25) is 0 Å². The van der Waals surface area contributed by atoms with E-state index < -0.39 is 22.9 Å². The average Bonchev–Trinajstić information content (AvgIpc) is 3.30. The summed E-state index contributed by atoms with van der Waals surface area (Å²) in [6.45, 7) is 0.777. The van der Waals surface area contributed by atoms with Crippen LogP contribution in [0.1, 0.15) is 17.5 Å². The van der Waals surface area contributed by atoms with Crippen molar-refractivity contribution in [2.45, 2.75) is 19.4 Å². The summed E-state index contributed by atoms with van der Waals surface area (Å²) in [6, 6.07) is 16.0. The summed E-state index contributed by atoms with van der Waals surface area (Å²) < 4.78 is 59.8. The van der Waals surface area contributed by atoms with Gasteiger partial charge in [0.2, 0.25) is 11.3 Å². The first-order valence-corrected chi connectivity index (χ1v) is 12.7. The summed E-state index contributed by atoms with van der Waals surface area (Å²) in [6.07, 6.45) is 4.08. The fraction of sp³-hybridized carbons (Fsp3) is 0.185. The lowest BCUT2D eigenvalue weighted by Crippen LogP contribution is -2.18. The number of nitrogens with one attached hydrogen (secondary N) is 1. The molecule has 2 aromatic heterocycles. The monoisotopic (exact) mass is 522 g/mol. The number of aryl methyl sites for hydroxylation is 1. The number of fused-ring (bicyclic) bond motifs is 3. The molecule has 5 rings (SSSR count). The maximum absolute atomic E-state index is 15.5. The minimum atomic E-state index is -2.14. The Kier molecular flexibility index (Phi) is 7.22. The number of nitrogens with zero attached hydrogens (tertiary/aromatic N) is 3. The molecule has 37 heavy (non-hydrogen) atoms. The topological polar surface area (TPSA) is 89.3 Å². The zero-order valence-electron chi connectivity index (χ0n) is 19.9. The van der Waals surface area contributed by atoms with Crippen molar-refractivity contribution in [2.75, 3.05) is 13.7 Å². The van der Waals surface area contributed by atoms with Gasteiger partial charge in [0, 0.05) is 29.1 Å². The van der Waals surface area contributed by atoms with Gasteiger partial charge in [0.05, 0.1) is 25.4 Å². The van der Waals surface area contributed by atoms with Gasteiger partial charge in [-0.3, -0.25) is 4.55 Å². The van der Waals surface area contributed by atoms with Crippen molar-refractivity contribution < 1.29 is 22.3 Å². The van der Waals surface area contributed by atoms with E-state index in [1.807, 2.05) is 35.0 Å². The highest BCUT2D eigenvalue weighted by Gasteiger charge is 2.21. The van der Waals surface area contributed by atoms with Crippen molar-refractivity contribution in [1.29, 1.82) is 0 Å². The van der Waals surface area contributed by atoms with Gasteiger partial charge in [-0.05, 0) is 47.6 Å². The first-order valence-electron chi connectivity index (χ1n) is 11.6. The number of aromatic nitrogens is 3. The van der Waals surface area contributed by atoms with Gasteiger partial charge in [-0.25, -0.2) is 27.4 Å². The van der Waals surface area contributed by atoms with Crippen LogP contribution in [0, 0.1) is 11.6 Å². The Bertz CT molecular complexity index is 1610. The SMILES string of the molecule is COc1cc2c(cnc3c2cnn3Cc2ccccc2)cc1-c1c(F)ccc(CCCNS(=O)O)c1F. The van der Waals surface area contributed by atoms with Crippen LogP contribution in [0.15, 0.2) is 67.0 Å². The Morgan fingerprint density at radius 1 is 1.08 bits per heavy atom. The number of ether oxygens (including phenoxy) is 1. The van der Waals surface area contributed by atoms with Crippen LogP contribution >= 0.6 is 0 Å². The second kappa shape index (κ2) is 10.7. The molecule has 3 aromatic carbocycles. The Balaban J connectivity index is 1.55. The predicted molar refractivity (Wildman–Crippen MR) is 140 cm³/mol. The fourth-order valence-corrected chi connectivity index (χ4v) is 4.80. The molecule has 0 fully saturated rings. The number of halogens is 2. The molecule has 2 heterocycles. The minimum Gasteiger partial charge on any atom is -0.496 e. The third-order valence-electron chi connectivity index (χ3n) is 6.26. The number of hydrogen-bond acceptors (Lipinski definition) is 4. The van der Waals surface area contributed by atoms with Crippen LogP contribution < -0.4 is 9.46 Å². The maximum atomic E-state index is 15.5. The van der Waals surface area contributed by atoms with Gasteiger partial charge in [-0.15, -0.1) is 0 Å². The van der Waals surface area contributed by atoms with Crippen molar-refractivity contribution in [3.05, 3.63) is 89.8 Å². The molecule has 0 aliphatic rings. The van der Waals surface area contributed by atoms with Crippen molar-refractivity contribution in [3.8, 4) is 16.9 Å². The van der Waals surface area contributed by atoms with Gasteiger partial charge in [-0.1, -0.05) is 36.4 Å². The average molecular weight is 523 g/mol. The fourth-order valence-electron chi connectivity index (χ4n) is 4.48. The van der Waals surface area contributed by atoms with E-state index in [9.17, 15) is 8.60 Å². The molecular weight excluding hydrogens is 498 g/mol. The lowest BCUT2D eigenvalue weighted by Gasteiger charge is -2.15. The molecule has 10 heteroatoms. The first-order chi connectivity index (χ1) is 18.0. The third kappa shape index (κ3) is 5.08. The molecule has 0 aliphatic carbocycles. The summed E-state index contributed by atoms with van der Waals surface area (Å²) in [4.78, 5) is 4.60. The second-order valence-corrected chi connectivity index (χ2v) is 9.35. The van der Waals surface area contributed by atoms with E-state index in [-0.39, 0.29) is 24.1 Å². The molecule has 0 radical (unpaired) electrons. The molecule has 0 spiro atoms. The molecule has 0 bridgehead atoms. The predicted octanol–water partition coefficient (Wildman–Crippen LogP) is 5.25. The van der Waals surface area contributed by atoms with Gasteiger partial charge in [-0.2, -0.15) is 5.10 Å². The molecule has 2 N–H and O–H groups in total. The summed E-state index contributed by atoms with van der Waals surface area (Å²) in [7, 11) is 1.46. The van der Waals surface area contributed by atoms with Crippen LogP contribution in [-0.4, -0.2) is 37.2 Å². The smallest absolute Gasteiger partial charge is 0.231 e. The van der Waals surface area contributed by atoms with E-state index in [2.05, 4.69) is 14.8 Å². The number of pyridine rings is 1. The number of methoxy groups -OCH3 is 1. The van der Waals surface area contributed by atoms with E-state index in [4.69, 9.17) is 9.29 Å². The van der Waals surface area contributed by atoms with Gasteiger partial charge >= 0.3 is 0 Å². The Labute approximate surface area is 214 Å².